The smallest absolute Gasteiger partial charge is 0.219 e. The maximum atomic E-state index is 11.1. The number of nitrogens with one attached hydrogen (secondary N) is 1. The van der Waals surface area contributed by atoms with Crippen LogP contribution in [0.3, 0.4) is 0 Å². The molecule has 1 atom stereocenters. The highest BCUT2D eigenvalue weighted by Gasteiger charge is 2.19. The fraction of sp³-hybridized carbons (Fsp3) is 0.917. The van der Waals surface area contributed by atoms with Crippen LogP contribution in [0, 0.1) is 0 Å². The van der Waals surface area contributed by atoms with Gasteiger partial charge < -0.3 is 11.1 Å². The van der Waals surface area contributed by atoms with Gasteiger partial charge in [0.1, 0.15) is 0 Å². The summed E-state index contributed by atoms with van der Waals surface area (Å²) in [5, 5.41) is 2.66. The van der Waals surface area contributed by atoms with E-state index in [-0.39, 0.29) is 5.91 Å². The van der Waals surface area contributed by atoms with E-state index >= 15 is 0 Å². The molecule has 1 aliphatic rings. The van der Waals surface area contributed by atoms with Crippen LogP contribution < -0.4 is 11.1 Å². The van der Waals surface area contributed by atoms with Crippen LogP contribution in [0.15, 0.2) is 0 Å². The van der Waals surface area contributed by atoms with Gasteiger partial charge in [-0.3, -0.25) is 9.69 Å². The lowest BCUT2D eigenvalue weighted by molar-refractivity contribution is -0.120. The molecular weight excluding hydrogens is 202 g/mol. The predicted molar refractivity (Wildman–Crippen MR) is 66.2 cm³/mol. The van der Waals surface area contributed by atoms with Crippen molar-refractivity contribution in [2.45, 2.75) is 44.6 Å². The molecule has 4 heteroatoms. The van der Waals surface area contributed by atoms with Crippen LogP contribution in [0.4, 0.5) is 0 Å². The van der Waals surface area contributed by atoms with E-state index in [4.69, 9.17) is 5.73 Å². The monoisotopic (exact) mass is 227 g/mol. The van der Waals surface area contributed by atoms with E-state index in [1.807, 2.05) is 0 Å². The summed E-state index contributed by atoms with van der Waals surface area (Å²) in [6.45, 7) is 2.91. The van der Waals surface area contributed by atoms with Crippen molar-refractivity contribution in [3.05, 3.63) is 0 Å². The Labute approximate surface area is 98.6 Å². The van der Waals surface area contributed by atoms with Crippen LogP contribution in [0.2, 0.25) is 0 Å². The first-order valence-electron chi connectivity index (χ1n) is 6.42. The van der Waals surface area contributed by atoms with Crippen LogP contribution in [-0.4, -0.2) is 43.5 Å². The van der Waals surface area contributed by atoms with Crippen molar-refractivity contribution >= 4 is 5.91 Å². The first-order chi connectivity index (χ1) is 7.77. The number of nitrogens with zero attached hydrogens (tertiary/aromatic N) is 1. The van der Waals surface area contributed by atoms with Crippen molar-refractivity contribution in [1.82, 2.24) is 10.2 Å². The fourth-order valence-corrected chi connectivity index (χ4v) is 2.37. The predicted octanol–water partition coefficient (Wildman–Crippen LogP) is 0.716. The number of carbonyl (C=O) groups is 1. The number of rotatable bonds is 5. The van der Waals surface area contributed by atoms with Gasteiger partial charge in [-0.15, -0.1) is 0 Å². The minimum atomic E-state index is 0.138. The van der Waals surface area contributed by atoms with Gasteiger partial charge in [0.25, 0.3) is 0 Å². The molecule has 1 saturated heterocycles. The molecule has 0 bridgehead atoms. The van der Waals surface area contributed by atoms with Crippen LogP contribution in [0.5, 0.6) is 0 Å². The fourth-order valence-electron chi connectivity index (χ4n) is 2.37. The number of carbonyl (C=O) groups excluding carboxylic acids is 1. The molecule has 16 heavy (non-hydrogen) atoms. The summed E-state index contributed by atoms with van der Waals surface area (Å²) in [6.07, 6.45) is 6.68. The third kappa shape index (κ3) is 4.49. The second kappa shape index (κ2) is 7.63. The van der Waals surface area contributed by atoms with Crippen molar-refractivity contribution in [1.29, 1.82) is 0 Å². The van der Waals surface area contributed by atoms with E-state index < -0.39 is 0 Å². The lowest BCUT2D eigenvalue weighted by atomic mass is 10.1. The van der Waals surface area contributed by atoms with Gasteiger partial charge in [0, 0.05) is 26.1 Å². The van der Waals surface area contributed by atoms with Crippen molar-refractivity contribution in [2.75, 3.05) is 26.7 Å². The molecule has 4 nitrogen and oxygen atoms in total. The van der Waals surface area contributed by atoms with E-state index in [1.54, 1.807) is 7.05 Å². The molecule has 0 aromatic heterocycles. The summed E-state index contributed by atoms with van der Waals surface area (Å²) < 4.78 is 0. The lowest BCUT2D eigenvalue weighted by Crippen LogP contribution is -2.40. The summed E-state index contributed by atoms with van der Waals surface area (Å²) in [5.74, 6) is 0.138. The Kier molecular flexibility index (Phi) is 6.42. The van der Waals surface area contributed by atoms with E-state index in [0.29, 0.717) is 12.5 Å². The van der Waals surface area contributed by atoms with Crippen molar-refractivity contribution in [2.24, 2.45) is 5.73 Å². The largest absolute Gasteiger partial charge is 0.359 e. The van der Waals surface area contributed by atoms with E-state index in [1.165, 1.54) is 25.7 Å². The SMILES string of the molecule is CNC(=O)CCCN1CCCCCC1CN. The van der Waals surface area contributed by atoms with E-state index in [0.717, 1.165) is 26.1 Å². The molecule has 1 rings (SSSR count). The molecule has 1 amide bonds. The van der Waals surface area contributed by atoms with Gasteiger partial charge in [-0.2, -0.15) is 0 Å². The number of hydrogen-bond acceptors (Lipinski definition) is 3. The molecule has 1 unspecified atom stereocenters. The van der Waals surface area contributed by atoms with Gasteiger partial charge in [-0.25, -0.2) is 0 Å². The number of nitrogens with two attached hydrogens (primary N) is 1. The Bertz CT molecular complexity index is 208. The first kappa shape index (κ1) is 13.5. The Morgan fingerprint density at radius 1 is 1.44 bits per heavy atom. The number of hydrogen-bond donors (Lipinski definition) is 2. The van der Waals surface area contributed by atoms with Gasteiger partial charge in [0.2, 0.25) is 5.91 Å². The van der Waals surface area contributed by atoms with Crippen molar-refractivity contribution in [3.8, 4) is 0 Å². The number of likely N-dealkylation sites (tertiary alicyclic amines) is 1. The third-order valence-corrected chi connectivity index (χ3v) is 3.40. The topological polar surface area (TPSA) is 58.4 Å². The molecular formula is C12H25N3O. The summed E-state index contributed by atoms with van der Waals surface area (Å²) in [6, 6.07) is 0.534. The summed E-state index contributed by atoms with van der Waals surface area (Å²) in [7, 11) is 1.69. The summed E-state index contributed by atoms with van der Waals surface area (Å²) in [5.41, 5.74) is 5.80. The minimum absolute atomic E-state index is 0.138. The van der Waals surface area contributed by atoms with Gasteiger partial charge in [0.15, 0.2) is 0 Å². The third-order valence-electron chi connectivity index (χ3n) is 3.40. The highest BCUT2D eigenvalue weighted by Crippen LogP contribution is 2.16. The van der Waals surface area contributed by atoms with Crippen molar-refractivity contribution < 1.29 is 4.79 Å². The molecule has 0 spiro atoms. The second-order valence-corrected chi connectivity index (χ2v) is 4.55. The van der Waals surface area contributed by atoms with E-state index in [9.17, 15) is 4.79 Å². The maximum absolute atomic E-state index is 11.1. The first-order valence-corrected chi connectivity index (χ1v) is 6.42. The van der Waals surface area contributed by atoms with Gasteiger partial charge in [0.05, 0.1) is 0 Å². The molecule has 1 fully saturated rings. The Morgan fingerprint density at radius 2 is 2.25 bits per heavy atom. The highest BCUT2D eigenvalue weighted by atomic mass is 16.1. The van der Waals surface area contributed by atoms with Gasteiger partial charge >= 0.3 is 0 Å². The Balaban J connectivity index is 2.28. The molecule has 0 aliphatic carbocycles. The van der Waals surface area contributed by atoms with Crippen LogP contribution in [0.1, 0.15) is 38.5 Å². The summed E-state index contributed by atoms with van der Waals surface area (Å²) in [4.78, 5) is 13.6. The molecule has 0 aromatic rings. The molecule has 0 saturated carbocycles. The van der Waals surface area contributed by atoms with Gasteiger partial charge in [-0.05, 0) is 32.4 Å². The van der Waals surface area contributed by atoms with Crippen LogP contribution >= 0.6 is 0 Å². The normalized spacial score (nSPS) is 22.8. The van der Waals surface area contributed by atoms with Crippen LogP contribution in [0.25, 0.3) is 0 Å². The van der Waals surface area contributed by atoms with Crippen molar-refractivity contribution in [3.63, 3.8) is 0 Å². The average molecular weight is 227 g/mol. The van der Waals surface area contributed by atoms with E-state index in [2.05, 4.69) is 10.2 Å². The van der Waals surface area contributed by atoms with Gasteiger partial charge in [-0.1, -0.05) is 12.8 Å². The zero-order chi connectivity index (χ0) is 11.8. The average Bonchev–Trinajstić information content (AvgIpc) is 2.53. The highest BCUT2D eigenvalue weighted by molar-refractivity contribution is 5.75. The number of amides is 1. The molecule has 1 aliphatic heterocycles. The molecule has 94 valence electrons. The second-order valence-electron chi connectivity index (χ2n) is 4.55. The zero-order valence-corrected chi connectivity index (χ0v) is 10.4. The standard InChI is InChI=1S/C12H25N3O/c1-14-12(16)7-5-9-15-8-4-2-3-6-11(15)10-13/h11H,2-10,13H2,1H3,(H,14,16). The summed E-state index contributed by atoms with van der Waals surface area (Å²) >= 11 is 0. The lowest BCUT2D eigenvalue weighted by Gasteiger charge is -2.28. The minimum Gasteiger partial charge on any atom is -0.359 e. The molecule has 0 radical (unpaired) electrons. The quantitative estimate of drug-likeness (QED) is 0.727. The zero-order valence-electron chi connectivity index (χ0n) is 10.4. The molecule has 1 heterocycles. The molecule has 3 N–H and O–H groups in total. The molecule has 0 aromatic carbocycles. The Morgan fingerprint density at radius 3 is 2.94 bits per heavy atom. The maximum Gasteiger partial charge on any atom is 0.219 e. The Hall–Kier alpha value is -0.610. The van der Waals surface area contributed by atoms with Crippen LogP contribution in [-0.2, 0) is 4.79 Å².